The Morgan fingerprint density at radius 1 is 1.44 bits per heavy atom. The van der Waals surface area contributed by atoms with Crippen LogP contribution in [0.3, 0.4) is 0 Å². The third-order valence-corrected chi connectivity index (χ3v) is 5.03. The Morgan fingerprint density at radius 3 is 2.69 bits per heavy atom. The van der Waals surface area contributed by atoms with E-state index in [1.807, 2.05) is 6.92 Å². The van der Waals surface area contributed by atoms with Crippen molar-refractivity contribution in [3.63, 3.8) is 0 Å². The highest BCUT2D eigenvalue weighted by Crippen LogP contribution is 2.47. The summed E-state index contributed by atoms with van der Waals surface area (Å²) in [5, 5.41) is 0. The fourth-order valence-corrected chi connectivity index (χ4v) is 2.53. The van der Waals surface area contributed by atoms with Crippen LogP contribution in [0.25, 0.3) is 0 Å². The number of ether oxygens (including phenoxy) is 1. The van der Waals surface area contributed by atoms with Crippen LogP contribution in [0.15, 0.2) is 18.2 Å². The van der Waals surface area contributed by atoms with Gasteiger partial charge in [-0.1, -0.05) is 35.8 Å². The molecule has 2 unspecified atom stereocenters. The molecule has 0 saturated heterocycles. The van der Waals surface area contributed by atoms with Crippen molar-refractivity contribution in [2.45, 2.75) is 38.1 Å². The smallest absolute Gasteiger partial charge is 0.126 e. The van der Waals surface area contributed by atoms with Gasteiger partial charge in [0, 0.05) is 16.3 Å². The largest absolute Gasteiger partial charge is 0.489 e. The first-order chi connectivity index (χ1) is 7.41. The molecule has 1 aromatic carbocycles. The van der Waals surface area contributed by atoms with E-state index in [0.29, 0.717) is 10.6 Å². The van der Waals surface area contributed by atoms with Crippen molar-refractivity contribution in [2.24, 2.45) is 5.41 Å². The zero-order chi connectivity index (χ0) is 11.9. The predicted octanol–water partition coefficient (Wildman–Crippen LogP) is 4.07. The Morgan fingerprint density at radius 2 is 2.12 bits per heavy atom. The first-order valence-electron chi connectivity index (χ1n) is 5.48. The van der Waals surface area contributed by atoms with E-state index < -0.39 is 0 Å². The summed E-state index contributed by atoms with van der Waals surface area (Å²) in [7, 11) is 0. The first kappa shape index (κ1) is 11.9. The molecule has 0 heterocycles. The van der Waals surface area contributed by atoms with Crippen molar-refractivity contribution in [3.8, 4) is 5.75 Å². The minimum atomic E-state index is -0.242. The van der Waals surface area contributed by atoms with E-state index in [4.69, 9.17) is 4.74 Å². The lowest BCUT2D eigenvalue weighted by molar-refractivity contribution is -0.00840. The van der Waals surface area contributed by atoms with Crippen LogP contribution in [-0.4, -0.2) is 10.9 Å². The van der Waals surface area contributed by atoms with Gasteiger partial charge in [-0.25, -0.2) is 4.39 Å². The highest BCUT2D eigenvalue weighted by molar-refractivity contribution is 9.09. The normalized spacial score (nSPS) is 27.3. The molecule has 0 radical (unpaired) electrons. The molecule has 1 aromatic rings. The van der Waals surface area contributed by atoms with Gasteiger partial charge in [0.05, 0.1) is 0 Å². The molecular formula is C13H16BrFO. The summed E-state index contributed by atoms with van der Waals surface area (Å²) in [6.07, 6.45) is 1.14. The molecule has 0 spiro atoms. The average molecular weight is 287 g/mol. The first-order valence-corrected chi connectivity index (χ1v) is 6.39. The second-order valence-corrected chi connectivity index (χ2v) is 6.15. The van der Waals surface area contributed by atoms with Crippen LogP contribution in [0, 0.1) is 18.2 Å². The predicted molar refractivity (Wildman–Crippen MR) is 66.7 cm³/mol. The molecule has 0 aromatic heterocycles. The maximum atomic E-state index is 13.1. The van der Waals surface area contributed by atoms with Gasteiger partial charge in [-0.05, 0) is 25.0 Å². The van der Waals surface area contributed by atoms with Gasteiger partial charge in [-0.2, -0.15) is 0 Å². The Labute approximate surface area is 104 Å². The lowest BCUT2D eigenvalue weighted by Crippen LogP contribution is -2.53. The molecule has 1 fully saturated rings. The second kappa shape index (κ2) is 4.02. The number of halogens is 2. The summed E-state index contributed by atoms with van der Waals surface area (Å²) in [6.45, 7) is 6.26. The average Bonchev–Trinajstić information content (AvgIpc) is 2.23. The van der Waals surface area contributed by atoms with Crippen LogP contribution >= 0.6 is 15.9 Å². The Kier molecular flexibility index (Phi) is 2.99. The van der Waals surface area contributed by atoms with Gasteiger partial charge in [0.2, 0.25) is 0 Å². The highest BCUT2D eigenvalue weighted by Gasteiger charge is 2.48. The summed E-state index contributed by atoms with van der Waals surface area (Å²) < 4.78 is 19.0. The van der Waals surface area contributed by atoms with E-state index in [2.05, 4.69) is 29.8 Å². The van der Waals surface area contributed by atoms with Crippen LogP contribution in [0.2, 0.25) is 0 Å². The van der Waals surface area contributed by atoms with Crippen molar-refractivity contribution in [1.29, 1.82) is 0 Å². The number of aryl methyl sites for hydroxylation is 1. The highest BCUT2D eigenvalue weighted by atomic mass is 79.9. The van der Waals surface area contributed by atoms with E-state index in [-0.39, 0.29) is 17.3 Å². The maximum absolute atomic E-state index is 13.1. The molecule has 0 bridgehead atoms. The molecule has 1 aliphatic rings. The van der Waals surface area contributed by atoms with Gasteiger partial charge < -0.3 is 4.74 Å². The lowest BCUT2D eigenvalue weighted by atomic mass is 9.69. The number of hydrogen-bond donors (Lipinski definition) is 0. The topological polar surface area (TPSA) is 9.23 Å². The zero-order valence-electron chi connectivity index (χ0n) is 9.76. The third-order valence-electron chi connectivity index (χ3n) is 3.48. The number of alkyl halides is 1. The maximum Gasteiger partial charge on any atom is 0.126 e. The summed E-state index contributed by atoms with van der Waals surface area (Å²) in [6, 6.07) is 4.68. The SMILES string of the molecule is Cc1ccc(F)cc1OC1CC(Br)C1(C)C. The van der Waals surface area contributed by atoms with Gasteiger partial charge in [-0.3, -0.25) is 0 Å². The summed E-state index contributed by atoms with van der Waals surface area (Å²) >= 11 is 3.61. The Hall–Kier alpha value is -0.570. The molecule has 0 N–H and O–H groups in total. The summed E-state index contributed by atoms with van der Waals surface area (Å²) in [5.74, 6) is 0.422. The zero-order valence-corrected chi connectivity index (χ0v) is 11.3. The molecule has 0 aliphatic heterocycles. The number of benzene rings is 1. The summed E-state index contributed by atoms with van der Waals surface area (Å²) in [5.41, 5.74) is 1.09. The van der Waals surface area contributed by atoms with Crippen LogP contribution in [0.5, 0.6) is 5.75 Å². The van der Waals surface area contributed by atoms with Crippen molar-refractivity contribution in [3.05, 3.63) is 29.6 Å². The molecule has 1 aliphatic carbocycles. The lowest BCUT2D eigenvalue weighted by Gasteiger charge is -2.48. The van der Waals surface area contributed by atoms with Crippen molar-refractivity contribution < 1.29 is 9.13 Å². The van der Waals surface area contributed by atoms with Gasteiger partial charge in [-0.15, -0.1) is 0 Å². The molecule has 1 saturated carbocycles. The molecule has 1 nitrogen and oxygen atoms in total. The minimum absolute atomic E-state index is 0.110. The minimum Gasteiger partial charge on any atom is -0.489 e. The second-order valence-electron chi connectivity index (χ2n) is 5.04. The van der Waals surface area contributed by atoms with E-state index in [0.717, 1.165) is 12.0 Å². The fraction of sp³-hybridized carbons (Fsp3) is 0.538. The van der Waals surface area contributed by atoms with E-state index in [1.54, 1.807) is 6.07 Å². The molecular weight excluding hydrogens is 271 g/mol. The molecule has 16 heavy (non-hydrogen) atoms. The molecule has 88 valence electrons. The van der Waals surface area contributed by atoms with E-state index in [1.165, 1.54) is 12.1 Å². The van der Waals surface area contributed by atoms with Crippen LogP contribution in [0.4, 0.5) is 4.39 Å². The van der Waals surface area contributed by atoms with E-state index in [9.17, 15) is 4.39 Å². The molecule has 0 amide bonds. The van der Waals surface area contributed by atoms with Gasteiger partial charge in [0.1, 0.15) is 17.7 Å². The third kappa shape index (κ3) is 1.97. The molecule has 2 rings (SSSR count). The number of hydrogen-bond acceptors (Lipinski definition) is 1. The monoisotopic (exact) mass is 286 g/mol. The molecule has 2 atom stereocenters. The van der Waals surface area contributed by atoms with Crippen molar-refractivity contribution in [2.75, 3.05) is 0 Å². The Balaban J connectivity index is 2.13. The number of rotatable bonds is 2. The van der Waals surface area contributed by atoms with Crippen LogP contribution < -0.4 is 4.74 Å². The summed E-state index contributed by atoms with van der Waals surface area (Å²) in [4.78, 5) is 0.485. The van der Waals surface area contributed by atoms with Crippen LogP contribution in [-0.2, 0) is 0 Å². The quantitative estimate of drug-likeness (QED) is 0.745. The van der Waals surface area contributed by atoms with Crippen molar-refractivity contribution >= 4 is 15.9 Å². The molecule has 3 heteroatoms. The van der Waals surface area contributed by atoms with E-state index >= 15 is 0 Å². The Bertz CT molecular complexity index is 403. The fourth-order valence-electron chi connectivity index (χ4n) is 1.89. The van der Waals surface area contributed by atoms with Gasteiger partial charge in [0.15, 0.2) is 0 Å². The standard InChI is InChI=1S/C13H16BrFO/c1-8-4-5-9(15)6-10(8)16-12-7-11(14)13(12,2)3/h4-6,11-12H,7H2,1-3H3. The van der Waals surface area contributed by atoms with Crippen LogP contribution in [0.1, 0.15) is 25.8 Å². The van der Waals surface area contributed by atoms with Gasteiger partial charge in [0.25, 0.3) is 0 Å². The van der Waals surface area contributed by atoms with Crippen molar-refractivity contribution in [1.82, 2.24) is 0 Å². The van der Waals surface area contributed by atoms with Gasteiger partial charge >= 0.3 is 0 Å².